The lowest BCUT2D eigenvalue weighted by molar-refractivity contribution is 0.238. The molecule has 0 radical (unpaired) electrons. The van der Waals surface area contributed by atoms with Gasteiger partial charge >= 0.3 is 0 Å². The fourth-order valence-electron chi connectivity index (χ4n) is 3.78. The summed E-state index contributed by atoms with van der Waals surface area (Å²) in [5.41, 5.74) is 4.43. The molecule has 0 spiro atoms. The van der Waals surface area contributed by atoms with E-state index in [0.717, 1.165) is 26.1 Å². The molecule has 1 aliphatic rings. The smallest absolute Gasteiger partial charge is 0.0483 e. The molecular weight excluding hydrogens is 294 g/mol. The van der Waals surface area contributed by atoms with Crippen LogP contribution in [0.25, 0.3) is 10.9 Å². The van der Waals surface area contributed by atoms with Crippen LogP contribution in [0, 0.1) is 0 Å². The Morgan fingerprint density at radius 2 is 1.88 bits per heavy atom. The highest BCUT2D eigenvalue weighted by Crippen LogP contribution is 2.25. The first-order valence-electron chi connectivity index (χ1n) is 9.85. The summed E-state index contributed by atoms with van der Waals surface area (Å²) in [5, 5.41) is 4.93. The summed E-state index contributed by atoms with van der Waals surface area (Å²) in [6.07, 6.45) is 8.54. The van der Waals surface area contributed by atoms with Crippen molar-refractivity contribution >= 4 is 10.9 Å². The summed E-state index contributed by atoms with van der Waals surface area (Å²) in [4.78, 5) is 2.60. The molecule has 0 atom stereocenters. The maximum absolute atomic E-state index is 3.44. The normalized spacial score (nSPS) is 16.1. The van der Waals surface area contributed by atoms with Gasteiger partial charge in [0, 0.05) is 49.8 Å². The molecule has 3 nitrogen and oxygen atoms in total. The second-order valence-corrected chi connectivity index (χ2v) is 7.10. The van der Waals surface area contributed by atoms with Crippen LogP contribution in [0.15, 0.2) is 24.4 Å². The van der Waals surface area contributed by atoms with Gasteiger partial charge in [-0.05, 0) is 55.5 Å². The van der Waals surface area contributed by atoms with Crippen molar-refractivity contribution in [2.45, 2.75) is 52.5 Å². The van der Waals surface area contributed by atoms with E-state index in [4.69, 9.17) is 0 Å². The maximum atomic E-state index is 3.44. The number of piperazine rings is 1. The summed E-state index contributed by atoms with van der Waals surface area (Å²) >= 11 is 0. The number of nitrogens with one attached hydrogen (secondary N) is 1. The Bertz CT molecular complexity index is 638. The molecule has 132 valence electrons. The van der Waals surface area contributed by atoms with Crippen LogP contribution in [0.5, 0.6) is 0 Å². The first-order valence-corrected chi connectivity index (χ1v) is 9.85. The van der Waals surface area contributed by atoms with E-state index in [1.165, 1.54) is 61.8 Å². The minimum atomic E-state index is 1.12. The van der Waals surface area contributed by atoms with E-state index in [0.29, 0.717) is 0 Å². The van der Waals surface area contributed by atoms with Crippen LogP contribution in [-0.4, -0.2) is 42.2 Å². The highest BCUT2D eigenvalue weighted by molar-refractivity contribution is 5.84. The Kier molecular flexibility index (Phi) is 6.33. The number of benzene rings is 1. The number of aromatic nitrogens is 1. The van der Waals surface area contributed by atoms with Gasteiger partial charge in [0.1, 0.15) is 0 Å². The highest BCUT2D eigenvalue weighted by atomic mass is 15.2. The van der Waals surface area contributed by atoms with E-state index in [-0.39, 0.29) is 0 Å². The molecular formula is C21H33N3. The molecule has 1 N–H and O–H groups in total. The van der Waals surface area contributed by atoms with Gasteiger partial charge < -0.3 is 14.8 Å². The van der Waals surface area contributed by atoms with E-state index in [2.05, 4.69) is 53.0 Å². The molecule has 1 aromatic heterocycles. The third kappa shape index (κ3) is 4.20. The Labute approximate surface area is 147 Å². The fraction of sp³-hybridized carbons (Fsp3) is 0.619. The first kappa shape index (κ1) is 17.5. The molecule has 0 saturated carbocycles. The molecule has 1 fully saturated rings. The molecule has 2 heterocycles. The minimum Gasteiger partial charge on any atom is -0.347 e. The number of fused-ring (bicyclic) bond motifs is 1. The van der Waals surface area contributed by atoms with Gasteiger partial charge in [-0.25, -0.2) is 0 Å². The van der Waals surface area contributed by atoms with Crippen molar-refractivity contribution in [3.05, 3.63) is 35.5 Å². The van der Waals surface area contributed by atoms with Crippen molar-refractivity contribution in [3.63, 3.8) is 0 Å². The standard InChI is InChI=1S/C21H33N3/c1-3-5-13-24-17-19(7-6-12-23-14-10-22-11-15-23)20-16-18(4-2)8-9-21(20)24/h8-9,16-17,22H,3-7,10-15H2,1-2H3. The van der Waals surface area contributed by atoms with Crippen molar-refractivity contribution in [1.29, 1.82) is 0 Å². The number of rotatable bonds is 8. The Morgan fingerprint density at radius 3 is 2.62 bits per heavy atom. The predicted octanol–water partition coefficient (Wildman–Crippen LogP) is 3.84. The topological polar surface area (TPSA) is 20.2 Å². The first-order chi connectivity index (χ1) is 11.8. The zero-order valence-corrected chi connectivity index (χ0v) is 15.5. The quantitative estimate of drug-likeness (QED) is 0.795. The number of hydrogen-bond acceptors (Lipinski definition) is 2. The summed E-state index contributed by atoms with van der Waals surface area (Å²) in [6.45, 7) is 11.6. The molecule has 1 saturated heterocycles. The predicted molar refractivity (Wildman–Crippen MR) is 104 cm³/mol. The van der Waals surface area contributed by atoms with Gasteiger partial charge in [-0.3, -0.25) is 0 Å². The summed E-state index contributed by atoms with van der Waals surface area (Å²) in [7, 11) is 0. The van der Waals surface area contributed by atoms with Crippen LogP contribution < -0.4 is 5.32 Å². The van der Waals surface area contributed by atoms with Crippen LogP contribution in [0.4, 0.5) is 0 Å². The SMILES string of the molecule is CCCCn1cc(CCCN2CCNCC2)c2cc(CC)ccc21. The average Bonchev–Trinajstić information content (AvgIpc) is 2.98. The summed E-state index contributed by atoms with van der Waals surface area (Å²) in [5.74, 6) is 0. The highest BCUT2D eigenvalue weighted by Gasteiger charge is 2.12. The number of unbranched alkanes of at least 4 members (excludes halogenated alkanes) is 1. The number of nitrogens with zero attached hydrogens (tertiary/aromatic N) is 2. The molecule has 0 aliphatic carbocycles. The van der Waals surface area contributed by atoms with E-state index < -0.39 is 0 Å². The van der Waals surface area contributed by atoms with Gasteiger partial charge in [0.05, 0.1) is 0 Å². The number of hydrogen-bond donors (Lipinski definition) is 1. The van der Waals surface area contributed by atoms with E-state index in [1.54, 1.807) is 5.56 Å². The van der Waals surface area contributed by atoms with Crippen molar-refractivity contribution in [2.75, 3.05) is 32.7 Å². The van der Waals surface area contributed by atoms with Gasteiger partial charge in [-0.2, -0.15) is 0 Å². The van der Waals surface area contributed by atoms with Crippen LogP contribution in [0.3, 0.4) is 0 Å². The van der Waals surface area contributed by atoms with Crippen LogP contribution in [0.2, 0.25) is 0 Å². The fourth-order valence-corrected chi connectivity index (χ4v) is 3.78. The molecule has 0 amide bonds. The molecule has 1 aliphatic heterocycles. The maximum Gasteiger partial charge on any atom is 0.0483 e. The zero-order chi connectivity index (χ0) is 16.8. The second kappa shape index (κ2) is 8.68. The van der Waals surface area contributed by atoms with Crippen molar-refractivity contribution < 1.29 is 0 Å². The monoisotopic (exact) mass is 327 g/mol. The molecule has 2 aromatic rings. The Hall–Kier alpha value is -1.32. The minimum absolute atomic E-state index is 1.12. The van der Waals surface area contributed by atoms with E-state index in [1.807, 2.05) is 0 Å². The number of aryl methyl sites for hydroxylation is 3. The second-order valence-electron chi connectivity index (χ2n) is 7.10. The third-order valence-electron chi connectivity index (χ3n) is 5.32. The molecule has 3 rings (SSSR count). The molecule has 0 unspecified atom stereocenters. The summed E-state index contributed by atoms with van der Waals surface area (Å²) < 4.78 is 2.48. The van der Waals surface area contributed by atoms with Gasteiger partial charge in [0.15, 0.2) is 0 Å². The molecule has 0 bridgehead atoms. The Balaban J connectivity index is 1.72. The summed E-state index contributed by atoms with van der Waals surface area (Å²) in [6, 6.07) is 7.07. The van der Waals surface area contributed by atoms with Gasteiger partial charge in [0.25, 0.3) is 0 Å². The van der Waals surface area contributed by atoms with Gasteiger partial charge in [0.2, 0.25) is 0 Å². The van der Waals surface area contributed by atoms with Crippen molar-refractivity contribution in [2.24, 2.45) is 0 Å². The zero-order valence-electron chi connectivity index (χ0n) is 15.5. The van der Waals surface area contributed by atoms with Crippen LogP contribution in [-0.2, 0) is 19.4 Å². The van der Waals surface area contributed by atoms with E-state index in [9.17, 15) is 0 Å². The van der Waals surface area contributed by atoms with Crippen LogP contribution in [0.1, 0.15) is 44.2 Å². The lowest BCUT2D eigenvalue weighted by Crippen LogP contribution is -2.43. The van der Waals surface area contributed by atoms with Crippen molar-refractivity contribution in [3.8, 4) is 0 Å². The lowest BCUT2D eigenvalue weighted by Gasteiger charge is -2.26. The Morgan fingerprint density at radius 1 is 1.04 bits per heavy atom. The molecule has 1 aromatic carbocycles. The van der Waals surface area contributed by atoms with Crippen molar-refractivity contribution in [1.82, 2.24) is 14.8 Å². The third-order valence-corrected chi connectivity index (χ3v) is 5.32. The van der Waals surface area contributed by atoms with Gasteiger partial charge in [-0.1, -0.05) is 26.3 Å². The largest absolute Gasteiger partial charge is 0.347 e. The average molecular weight is 328 g/mol. The lowest BCUT2D eigenvalue weighted by atomic mass is 10.0. The molecule has 3 heteroatoms. The van der Waals surface area contributed by atoms with Crippen LogP contribution >= 0.6 is 0 Å². The van der Waals surface area contributed by atoms with Gasteiger partial charge in [-0.15, -0.1) is 0 Å². The molecule has 24 heavy (non-hydrogen) atoms. The van der Waals surface area contributed by atoms with E-state index >= 15 is 0 Å².